The normalized spacial score (nSPS) is 12.7. The lowest BCUT2D eigenvalue weighted by atomic mass is 10.1. The number of hydrogen-bond donors (Lipinski definition) is 1. The molecular weight excluding hydrogens is 438 g/mol. The number of nitrogens with zero attached hydrogens (tertiary/aromatic N) is 2. The van der Waals surface area contributed by atoms with Crippen molar-refractivity contribution in [1.29, 1.82) is 0 Å². The van der Waals surface area contributed by atoms with E-state index in [0.717, 1.165) is 10.5 Å². The molecule has 0 aliphatic carbocycles. The summed E-state index contributed by atoms with van der Waals surface area (Å²) in [7, 11) is 0. The molecule has 10 heteroatoms. The number of hydrogen-bond acceptors (Lipinski definition) is 7. The van der Waals surface area contributed by atoms with Crippen LogP contribution in [-0.4, -0.2) is 35.5 Å². The third-order valence-corrected chi connectivity index (χ3v) is 5.16. The number of esters is 1. The number of halogens is 1. The Balaban J connectivity index is 1.43. The smallest absolute Gasteiger partial charge is 0.338 e. The molecule has 2 heterocycles. The largest absolute Gasteiger partial charge is 0.452 e. The zero-order valence-corrected chi connectivity index (χ0v) is 17.7. The van der Waals surface area contributed by atoms with E-state index in [1.807, 2.05) is 6.92 Å². The third-order valence-electron chi connectivity index (χ3n) is 4.76. The lowest BCUT2D eigenvalue weighted by molar-refractivity contribution is -0.119. The van der Waals surface area contributed by atoms with Crippen molar-refractivity contribution in [3.05, 3.63) is 75.5 Å². The van der Waals surface area contributed by atoms with E-state index in [-0.39, 0.29) is 22.5 Å². The van der Waals surface area contributed by atoms with E-state index in [1.54, 1.807) is 25.1 Å². The molecule has 0 atom stereocenters. The first-order valence-electron chi connectivity index (χ1n) is 9.44. The van der Waals surface area contributed by atoms with Crippen LogP contribution in [0.1, 0.15) is 42.4 Å². The van der Waals surface area contributed by atoms with Crippen molar-refractivity contribution in [3.8, 4) is 0 Å². The number of anilines is 2. The van der Waals surface area contributed by atoms with E-state index in [0.29, 0.717) is 16.5 Å². The van der Waals surface area contributed by atoms with Gasteiger partial charge in [0, 0.05) is 16.8 Å². The summed E-state index contributed by atoms with van der Waals surface area (Å²) in [6.07, 6.45) is 0. The minimum atomic E-state index is -0.819. The topological polar surface area (TPSA) is 119 Å². The highest BCUT2D eigenvalue weighted by Gasteiger charge is 2.38. The van der Waals surface area contributed by atoms with Crippen LogP contribution in [0.4, 0.5) is 11.5 Å². The van der Waals surface area contributed by atoms with Gasteiger partial charge in [0.25, 0.3) is 17.7 Å². The number of aromatic nitrogens is 1. The van der Waals surface area contributed by atoms with Gasteiger partial charge in [0.1, 0.15) is 5.76 Å². The zero-order valence-electron chi connectivity index (χ0n) is 17.0. The van der Waals surface area contributed by atoms with Crippen LogP contribution in [0.5, 0.6) is 0 Å². The summed E-state index contributed by atoms with van der Waals surface area (Å²) >= 11 is 6.02. The molecule has 1 N–H and O–H groups in total. The van der Waals surface area contributed by atoms with Gasteiger partial charge in [0.15, 0.2) is 12.4 Å². The monoisotopic (exact) mass is 453 g/mol. The van der Waals surface area contributed by atoms with Crippen molar-refractivity contribution in [2.45, 2.75) is 13.8 Å². The van der Waals surface area contributed by atoms with Gasteiger partial charge in [-0.3, -0.25) is 14.4 Å². The first-order valence-corrected chi connectivity index (χ1v) is 9.81. The van der Waals surface area contributed by atoms with Gasteiger partial charge in [-0.1, -0.05) is 22.8 Å². The second-order valence-electron chi connectivity index (χ2n) is 7.09. The number of imide groups is 1. The first-order chi connectivity index (χ1) is 15.2. The van der Waals surface area contributed by atoms with Gasteiger partial charge in [0.05, 0.1) is 16.7 Å². The number of benzene rings is 2. The first kappa shape index (κ1) is 21.3. The average molecular weight is 454 g/mol. The van der Waals surface area contributed by atoms with Crippen LogP contribution in [0.3, 0.4) is 0 Å². The van der Waals surface area contributed by atoms with Crippen molar-refractivity contribution in [2.24, 2.45) is 0 Å². The predicted octanol–water partition coefficient (Wildman–Crippen LogP) is 3.54. The number of fused-ring (bicyclic) bond motifs is 1. The van der Waals surface area contributed by atoms with E-state index >= 15 is 0 Å². The van der Waals surface area contributed by atoms with Gasteiger partial charge in [-0.25, -0.2) is 9.69 Å². The Morgan fingerprint density at radius 3 is 2.50 bits per heavy atom. The van der Waals surface area contributed by atoms with Gasteiger partial charge >= 0.3 is 5.97 Å². The lowest BCUT2D eigenvalue weighted by Gasteiger charge is -2.08. The number of ether oxygens (including phenoxy) is 1. The minimum Gasteiger partial charge on any atom is -0.452 e. The fraction of sp³-hybridized carbons (Fsp3) is 0.136. The molecule has 4 rings (SSSR count). The van der Waals surface area contributed by atoms with Gasteiger partial charge in [-0.2, -0.15) is 0 Å². The number of carbonyl (C=O) groups is 4. The van der Waals surface area contributed by atoms with Gasteiger partial charge in [0.2, 0.25) is 0 Å². The molecule has 0 saturated heterocycles. The molecule has 32 heavy (non-hydrogen) atoms. The van der Waals surface area contributed by atoms with Gasteiger partial charge in [-0.05, 0) is 49.7 Å². The number of rotatable bonds is 5. The average Bonchev–Trinajstić information content (AvgIpc) is 3.29. The standard InChI is InChI=1S/C22H16ClN3O6/c1-11-3-5-14(9-17(11)23)24-19(27)10-31-22(30)13-4-6-15-16(8-13)21(29)26(20(15)28)18-7-12(2)32-25-18/h3-9H,10H2,1-2H3,(H,24,27). The van der Waals surface area contributed by atoms with Crippen LogP contribution in [0, 0.1) is 13.8 Å². The molecule has 1 aliphatic rings. The summed E-state index contributed by atoms with van der Waals surface area (Å²) in [5, 5.41) is 6.77. The molecule has 1 aliphatic heterocycles. The molecule has 0 spiro atoms. The van der Waals surface area contributed by atoms with E-state index in [9.17, 15) is 19.2 Å². The SMILES string of the molecule is Cc1cc(N2C(=O)c3ccc(C(=O)OCC(=O)Nc4ccc(C)c(Cl)c4)cc3C2=O)no1. The highest BCUT2D eigenvalue weighted by Crippen LogP contribution is 2.29. The fourth-order valence-corrected chi connectivity index (χ4v) is 3.30. The number of nitrogens with one attached hydrogen (secondary N) is 1. The summed E-state index contributed by atoms with van der Waals surface area (Å²) in [6.45, 7) is 2.92. The van der Waals surface area contributed by atoms with Crippen molar-refractivity contribution < 1.29 is 28.4 Å². The van der Waals surface area contributed by atoms with Gasteiger partial charge in [-0.15, -0.1) is 0 Å². The van der Waals surface area contributed by atoms with Crippen LogP contribution in [-0.2, 0) is 9.53 Å². The molecule has 3 aromatic rings. The van der Waals surface area contributed by atoms with Crippen molar-refractivity contribution in [1.82, 2.24) is 5.16 Å². The number of amides is 3. The van der Waals surface area contributed by atoms with Crippen LogP contribution in [0.25, 0.3) is 0 Å². The second kappa shape index (κ2) is 8.27. The Morgan fingerprint density at radius 1 is 1.06 bits per heavy atom. The fourth-order valence-electron chi connectivity index (χ4n) is 3.12. The van der Waals surface area contributed by atoms with E-state index in [4.69, 9.17) is 20.9 Å². The Morgan fingerprint density at radius 2 is 1.81 bits per heavy atom. The molecule has 162 valence electrons. The van der Waals surface area contributed by atoms with Gasteiger partial charge < -0.3 is 14.6 Å². The lowest BCUT2D eigenvalue weighted by Crippen LogP contribution is -2.29. The summed E-state index contributed by atoms with van der Waals surface area (Å²) in [5.74, 6) is -2.09. The molecule has 2 aromatic carbocycles. The minimum absolute atomic E-state index is 0.0225. The Bertz CT molecular complexity index is 1280. The maximum Gasteiger partial charge on any atom is 0.338 e. The number of aryl methyl sites for hydroxylation is 2. The van der Waals surface area contributed by atoms with Crippen LogP contribution in [0.15, 0.2) is 47.0 Å². The van der Waals surface area contributed by atoms with Crippen molar-refractivity contribution in [2.75, 3.05) is 16.8 Å². The predicted molar refractivity (Wildman–Crippen MR) is 114 cm³/mol. The van der Waals surface area contributed by atoms with E-state index < -0.39 is 30.3 Å². The third kappa shape index (κ3) is 3.97. The Hall–Kier alpha value is -3.98. The maximum atomic E-state index is 12.7. The van der Waals surface area contributed by atoms with E-state index in [1.165, 1.54) is 24.3 Å². The molecule has 0 saturated carbocycles. The molecule has 0 radical (unpaired) electrons. The quantitative estimate of drug-likeness (QED) is 0.463. The molecule has 3 amide bonds. The maximum absolute atomic E-state index is 12.7. The Labute approximate surface area is 186 Å². The Kier molecular flexibility index (Phi) is 5.50. The molecular formula is C22H16ClN3O6. The van der Waals surface area contributed by atoms with Crippen molar-refractivity contribution in [3.63, 3.8) is 0 Å². The van der Waals surface area contributed by atoms with Crippen LogP contribution in [0.2, 0.25) is 5.02 Å². The second-order valence-corrected chi connectivity index (χ2v) is 7.50. The highest BCUT2D eigenvalue weighted by molar-refractivity contribution is 6.34. The van der Waals surface area contributed by atoms with Crippen molar-refractivity contribution >= 4 is 46.8 Å². The molecule has 1 aromatic heterocycles. The molecule has 0 fully saturated rings. The number of carbonyl (C=O) groups excluding carboxylic acids is 4. The zero-order chi connectivity index (χ0) is 23.0. The molecule has 0 bridgehead atoms. The van der Waals surface area contributed by atoms with Crippen LogP contribution >= 0.6 is 11.6 Å². The highest BCUT2D eigenvalue weighted by atomic mass is 35.5. The summed E-state index contributed by atoms with van der Waals surface area (Å²) in [6, 6.07) is 10.4. The van der Waals surface area contributed by atoms with Crippen LogP contribution < -0.4 is 10.2 Å². The summed E-state index contributed by atoms with van der Waals surface area (Å²) < 4.78 is 9.96. The summed E-state index contributed by atoms with van der Waals surface area (Å²) in [5.41, 5.74) is 1.50. The summed E-state index contributed by atoms with van der Waals surface area (Å²) in [4.78, 5) is 50.6. The van der Waals surface area contributed by atoms with E-state index in [2.05, 4.69) is 10.5 Å². The molecule has 9 nitrogen and oxygen atoms in total. The molecule has 0 unspecified atom stereocenters.